The highest BCUT2D eigenvalue weighted by Gasteiger charge is 2.25. The first kappa shape index (κ1) is 20.8. The molecule has 0 spiro atoms. The van der Waals surface area contributed by atoms with Crippen LogP contribution in [0.3, 0.4) is 0 Å². The van der Waals surface area contributed by atoms with Crippen molar-refractivity contribution in [1.29, 1.82) is 0 Å². The fraction of sp³-hybridized carbons (Fsp3) is 0.522. The second kappa shape index (κ2) is 9.53. The van der Waals surface area contributed by atoms with Gasteiger partial charge in [-0.15, -0.1) is 0 Å². The van der Waals surface area contributed by atoms with Gasteiger partial charge in [0, 0.05) is 19.5 Å². The maximum atomic E-state index is 13.1. The van der Waals surface area contributed by atoms with Crippen molar-refractivity contribution in [3.63, 3.8) is 0 Å². The molecule has 7 nitrogen and oxygen atoms in total. The fourth-order valence-corrected chi connectivity index (χ4v) is 3.85. The molecule has 1 N–H and O–H groups in total. The van der Waals surface area contributed by atoms with Gasteiger partial charge in [-0.3, -0.25) is 9.69 Å². The van der Waals surface area contributed by atoms with Crippen LogP contribution in [0.5, 0.6) is 11.5 Å². The van der Waals surface area contributed by atoms with E-state index in [0.29, 0.717) is 44.3 Å². The molecule has 1 aromatic carbocycles. The molecular formula is C23H30N2O5. The van der Waals surface area contributed by atoms with Crippen molar-refractivity contribution in [2.75, 3.05) is 39.5 Å². The van der Waals surface area contributed by atoms with E-state index in [-0.39, 0.29) is 17.9 Å². The minimum Gasteiger partial charge on any atom is -0.490 e. The lowest BCUT2D eigenvalue weighted by molar-refractivity contribution is 0.0311. The second-order valence-electron chi connectivity index (χ2n) is 8.10. The second-order valence-corrected chi connectivity index (χ2v) is 8.10. The van der Waals surface area contributed by atoms with Crippen molar-refractivity contribution < 1.29 is 23.4 Å². The van der Waals surface area contributed by atoms with Gasteiger partial charge in [0.2, 0.25) is 0 Å². The zero-order valence-electron chi connectivity index (χ0n) is 17.7. The standard InChI is InChI=1S/C23H30N2O5/c1-16(2)22(17-4-5-19-20(14-17)29-10-3-9-28-19)24-23(26)18-6-11-30-21(18)15-25-7-12-27-13-8-25/h4-6,11,14,16,22H,3,7-10,12-13,15H2,1-2H3,(H,24,26)/t22-/m0/s1. The lowest BCUT2D eigenvalue weighted by Gasteiger charge is -2.26. The molecule has 2 aliphatic rings. The normalized spacial score (nSPS) is 18.1. The molecule has 2 aromatic rings. The van der Waals surface area contributed by atoms with E-state index < -0.39 is 0 Å². The number of benzene rings is 1. The number of carbonyl (C=O) groups is 1. The summed E-state index contributed by atoms with van der Waals surface area (Å²) in [6.45, 7) is 9.19. The van der Waals surface area contributed by atoms with E-state index in [1.54, 1.807) is 12.3 Å². The summed E-state index contributed by atoms with van der Waals surface area (Å²) in [5, 5.41) is 3.20. The van der Waals surface area contributed by atoms with E-state index in [9.17, 15) is 4.79 Å². The lowest BCUT2D eigenvalue weighted by atomic mass is 9.95. The van der Waals surface area contributed by atoms with Crippen LogP contribution >= 0.6 is 0 Å². The summed E-state index contributed by atoms with van der Waals surface area (Å²) in [4.78, 5) is 15.4. The van der Waals surface area contributed by atoms with Gasteiger partial charge in [-0.2, -0.15) is 0 Å². The number of morpholine rings is 1. The Morgan fingerprint density at radius 2 is 1.83 bits per heavy atom. The molecule has 4 rings (SSSR count). The Bertz CT molecular complexity index is 857. The first-order chi connectivity index (χ1) is 14.6. The maximum Gasteiger partial charge on any atom is 0.255 e. The zero-order valence-corrected chi connectivity index (χ0v) is 17.7. The van der Waals surface area contributed by atoms with Gasteiger partial charge in [-0.05, 0) is 29.7 Å². The fourth-order valence-electron chi connectivity index (χ4n) is 3.85. The molecule has 0 radical (unpaired) electrons. The number of carbonyl (C=O) groups excluding carboxylic acids is 1. The first-order valence-electron chi connectivity index (χ1n) is 10.7. The number of nitrogens with zero attached hydrogens (tertiary/aromatic N) is 1. The van der Waals surface area contributed by atoms with Crippen molar-refractivity contribution >= 4 is 5.91 Å². The molecule has 1 fully saturated rings. The maximum absolute atomic E-state index is 13.1. The molecule has 30 heavy (non-hydrogen) atoms. The highest BCUT2D eigenvalue weighted by Crippen LogP contribution is 2.34. The highest BCUT2D eigenvalue weighted by molar-refractivity contribution is 5.95. The van der Waals surface area contributed by atoms with E-state index in [1.807, 2.05) is 18.2 Å². The van der Waals surface area contributed by atoms with Gasteiger partial charge in [0.1, 0.15) is 5.76 Å². The lowest BCUT2D eigenvalue weighted by Crippen LogP contribution is -2.36. The summed E-state index contributed by atoms with van der Waals surface area (Å²) < 4.78 is 22.6. The summed E-state index contributed by atoms with van der Waals surface area (Å²) in [6.07, 6.45) is 2.45. The number of hydrogen-bond acceptors (Lipinski definition) is 6. The number of hydrogen-bond donors (Lipinski definition) is 1. The largest absolute Gasteiger partial charge is 0.490 e. The van der Waals surface area contributed by atoms with Gasteiger partial charge >= 0.3 is 0 Å². The van der Waals surface area contributed by atoms with Gasteiger partial charge in [-0.25, -0.2) is 0 Å². The molecule has 7 heteroatoms. The van der Waals surface area contributed by atoms with Crippen LogP contribution in [-0.2, 0) is 11.3 Å². The van der Waals surface area contributed by atoms with Gasteiger partial charge in [-0.1, -0.05) is 19.9 Å². The van der Waals surface area contributed by atoms with Crippen LogP contribution in [0.1, 0.15) is 48.0 Å². The van der Waals surface area contributed by atoms with Crippen LogP contribution in [0, 0.1) is 5.92 Å². The van der Waals surface area contributed by atoms with Crippen LogP contribution in [0.2, 0.25) is 0 Å². The Morgan fingerprint density at radius 3 is 2.60 bits per heavy atom. The number of ether oxygens (including phenoxy) is 3. The third-order valence-corrected chi connectivity index (χ3v) is 5.54. The Balaban J connectivity index is 1.49. The van der Waals surface area contributed by atoms with Crippen molar-refractivity contribution in [2.24, 2.45) is 5.92 Å². The topological polar surface area (TPSA) is 73.2 Å². The van der Waals surface area contributed by atoms with Crippen LogP contribution < -0.4 is 14.8 Å². The molecule has 0 aliphatic carbocycles. The molecule has 0 bridgehead atoms. The Kier molecular flexibility index (Phi) is 6.59. The smallest absolute Gasteiger partial charge is 0.255 e. The van der Waals surface area contributed by atoms with Crippen LogP contribution in [0.4, 0.5) is 0 Å². The minimum atomic E-state index is -0.152. The molecule has 1 amide bonds. The van der Waals surface area contributed by atoms with Gasteiger partial charge in [0.15, 0.2) is 11.5 Å². The number of fused-ring (bicyclic) bond motifs is 1. The van der Waals surface area contributed by atoms with Crippen molar-refractivity contribution in [3.05, 3.63) is 47.4 Å². The predicted molar refractivity (Wildman–Crippen MR) is 112 cm³/mol. The Labute approximate surface area is 177 Å². The SMILES string of the molecule is CC(C)[C@H](NC(=O)c1ccoc1CN1CCOCC1)c1ccc2c(c1)OCCCO2. The van der Waals surface area contributed by atoms with Crippen LogP contribution in [-0.4, -0.2) is 50.3 Å². The molecule has 162 valence electrons. The number of nitrogens with one attached hydrogen (secondary N) is 1. The monoisotopic (exact) mass is 414 g/mol. The van der Waals surface area contributed by atoms with Gasteiger partial charge < -0.3 is 23.9 Å². The predicted octanol–water partition coefficient (Wildman–Crippen LogP) is 3.40. The average Bonchev–Trinajstić information content (AvgIpc) is 3.08. The average molecular weight is 415 g/mol. The molecule has 2 aliphatic heterocycles. The van der Waals surface area contributed by atoms with Crippen LogP contribution in [0.25, 0.3) is 0 Å². The first-order valence-corrected chi connectivity index (χ1v) is 10.7. The summed E-state index contributed by atoms with van der Waals surface area (Å²) in [5.74, 6) is 2.26. The summed E-state index contributed by atoms with van der Waals surface area (Å²) in [6, 6.07) is 7.51. The van der Waals surface area contributed by atoms with Crippen molar-refractivity contribution in [2.45, 2.75) is 32.9 Å². The van der Waals surface area contributed by atoms with Crippen molar-refractivity contribution in [1.82, 2.24) is 10.2 Å². The highest BCUT2D eigenvalue weighted by atomic mass is 16.5. The van der Waals surface area contributed by atoms with E-state index in [2.05, 4.69) is 24.1 Å². The quantitative estimate of drug-likeness (QED) is 0.781. The number of amides is 1. The number of rotatable bonds is 6. The van der Waals surface area contributed by atoms with E-state index in [4.69, 9.17) is 18.6 Å². The molecule has 3 heterocycles. The van der Waals surface area contributed by atoms with Crippen molar-refractivity contribution in [3.8, 4) is 11.5 Å². The third-order valence-electron chi connectivity index (χ3n) is 5.54. The molecular weight excluding hydrogens is 384 g/mol. The molecule has 0 saturated carbocycles. The number of furan rings is 1. The molecule has 1 aromatic heterocycles. The van der Waals surface area contributed by atoms with Crippen LogP contribution in [0.15, 0.2) is 34.9 Å². The molecule has 1 atom stereocenters. The summed E-state index contributed by atoms with van der Waals surface area (Å²) in [5.41, 5.74) is 1.59. The molecule has 1 saturated heterocycles. The summed E-state index contributed by atoms with van der Waals surface area (Å²) >= 11 is 0. The van der Waals surface area contributed by atoms with E-state index >= 15 is 0 Å². The van der Waals surface area contributed by atoms with E-state index in [1.165, 1.54) is 0 Å². The molecule has 0 unspecified atom stereocenters. The zero-order chi connectivity index (χ0) is 20.9. The Morgan fingerprint density at radius 1 is 1.07 bits per heavy atom. The Hall–Kier alpha value is -2.51. The van der Waals surface area contributed by atoms with Gasteiger partial charge in [0.25, 0.3) is 5.91 Å². The summed E-state index contributed by atoms with van der Waals surface area (Å²) in [7, 11) is 0. The third kappa shape index (κ3) is 4.79. The minimum absolute atomic E-state index is 0.127. The van der Waals surface area contributed by atoms with E-state index in [0.717, 1.165) is 36.6 Å². The van der Waals surface area contributed by atoms with Gasteiger partial charge in [0.05, 0.1) is 50.8 Å².